The summed E-state index contributed by atoms with van der Waals surface area (Å²) in [6, 6.07) is 1.04. The van der Waals surface area contributed by atoms with E-state index < -0.39 is 0 Å². The zero-order valence-corrected chi connectivity index (χ0v) is 9.51. The molecule has 0 radical (unpaired) electrons. The third kappa shape index (κ3) is 2.68. The number of rotatable bonds is 5. The lowest BCUT2D eigenvalue weighted by molar-refractivity contribution is 0.235. The highest BCUT2D eigenvalue weighted by atomic mass is 15.1. The van der Waals surface area contributed by atoms with Gasteiger partial charge in [-0.15, -0.1) is 0 Å². The van der Waals surface area contributed by atoms with Crippen LogP contribution in [0.3, 0.4) is 0 Å². The van der Waals surface area contributed by atoms with Crippen molar-refractivity contribution >= 4 is 0 Å². The van der Waals surface area contributed by atoms with E-state index in [1.165, 1.54) is 25.8 Å². The van der Waals surface area contributed by atoms with Crippen molar-refractivity contribution in [3.05, 3.63) is 0 Å². The van der Waals surface area contributed by atoms with Crippen LogP contribution in [-0.4, -0.2) is 30.6 Å². The normalized spacial score (nSPS) is 22.4. The number of nitrogens with two attached hydrogens (primary N) is 1. The Kier molecular flexibility index (Phi) is 3.36. The Bertz CT molecular complexity index is 159. The van der Waals surface area contributed by atoms with E-state index in [1.54, 1.807) is 0 Å². The summed E-state index contributed by atoms with van der Waals surface area (Å²) in [5, 5.41) is 0. The molecule has 0 aliphatic heterocycles. The summed E-state index contributed by atoms with van der Waals surface area (Å²) in [5.74, 6) is 0. The Hall–Kier alpha value is -0.0800. The minimum atomic E-state index is 0.382. The summed E-state index contributed by atoms with van der Waals surface area (Å²) < 4.78 is 0. The second-order valence-corrected chi connectivity index (χ2v) is 4.98. The van der Waals surface area contributed by atoms with E-state index in [1.807, 2.05) is 0 Å². The van der Waals surface area contributed by atoms with E-state index in [4.69, 9.17) is 5.73 Å². The van der Waals surface area contributed by atoms with Crippen molar-refractivity contribution in [2.45, 2.75) is 52.1 Å². The molecule has 13 heavy (non-hydrogen) atoms. The molecule has 1 atom stereocenters. The summed E-state index contributed by atoms with van der Waals surface area (Å²) >= 11 is 0. The minimum Gasteiger partial charge on any atom is -0.327 e. The zero-order chi connectivity index (χ0) is 10.1. The number of hydrogen-bond acceptors (Lipinski definition) is 2. The quantitative estimate of drug-likeness (QED) is 0.706. The molecule has 1 fully saturated rings. The van der Waals surface area contributed by atoms with Gasteiger partial charge in [0, 0.05) is 12.1 Å². The van der Waals surface area contributed by atoms with Gasteiger partial charge in [-0.05, 0) is 59.0 Å². The molecule has 0 aromatic carbocycles. The molecular formula is C11H24N2. The summed E-state index contributed by atoms with van der Waals surface area (Å²) in [6.07, 6.45) is 3.96. The molecule has 0 amide bonds. The van der Waals surface area contributed by atoms with Gasteiger partial charge in [0.2, 0.25) is 0 Å². The Morgan fingerprint density at radius 2 is 1.85 bits per heavy atom. The fraction of sp³-hybridized carbons (Fsp3) is 1.00. The van der Waals surface area contributed by atoms with E-state index in [2.05, 4.69) is 32.7 Å². The van der Waals surface area contributed by atoms with Gasteiger partial charge in [0.15, 0.2) is 0 Å². The highest BCUT2D eigenvalue weighted by molar-refractivity contribution is 4.99. The second kappa shape index (κ2) is 3.97. The van der Waals surface area contributed by atoms with E-state index >= 15 is 0 Å². The summed E-state index contributed by atoms with van der Waals surface area (Å²) in [7, 11) is 2.20. The maximum atomic E-state index is 5.98. The Morgan fingerprint density at radius 3 is 2.15 bits per heavy atom. The lowest BCUT2D eigenvalue weighted by atomic mass is 9.94. The average molecular weight is 184 g/mol. The highest BCUT2D eigenvalue weighted by Gasteiger charge is 2.45. The van der Waals surface area contributed by atoms with Crippen LogP contribution in [0.5, 0.6) is 0 Å². The van der Waals surface area contributed by atoms with Crippen LogP contribution < -0.4 is 5.73 Å². The van der Waals surface area contributed by atoms with Crippen molar-refractivity contribution < 1.29 is 0 Å². The van der Waals surface area contributed by atoms with Gasteiger partial charge in [-0.2, -0.15) is 0 Å². The molecule has 0 saturated heterocycles. The van der Waals surface area contributed by atoms with Gasteiger partial charge < -0.3 is 10.6 Å². The van der Waals surface area contributed by atoms with Crippen LogP contribution >= 0.6 is 0 Å². The standard InChI is InChI=1S/C11H24N2/c1-9(2)13(4)8-7-11(5-6-11)10(3)12/h9-10H,5-8,12H2,1-4H3. The molecule has 1 aliphatic carbocycles. The van der Waals surface area contributed by atoms with Gasteiger partial charge in [-0.25, -0.2) is 0 Å². The van der Waals surface area contributed by atoms with Gasteiger partial charge in [-0.3, -0.25) is 0 Å². The predicted octanol–water partition coefficient (Wildman–Crippen LogP) is 1.84. The molecule has 1 aliphatic rings. The topological polar surface area (TPSA) is 29.3 Å². The Morgan fingerprint density at radius 1 is 1.31 bits per heavy atom. The summed E-state index contributed by atoms with van der Waals surface area (Å²) in [4.78, 5) is 2.41. The molecule has 0 spiro atoms. The first-order chi connectivity index (χ1) is 5.98. The first-order valence-electron chi connectivity index (χ1n) is 5.44. The van der Waals surface area contributed by atoms with Crippen molar-refractivity contribution in [1.29, 1.82) is 0 Å². The molecule has 78 valence electrons. The molecule has 1 rings (SSSR count). The summed E-state index contributed by atoms with van der Waals surface area (Å²) in [5.41, 5.74) is 6.48. The van der Waals surface area contributed by atoms with Gasteiger partial charge >= 0.3 is 0 Å². The SMILES string of the molecule is CC(C)N(C)CCC1(C(C)N)CC1. The molecule has 0 aromatic heterocycles. The molecule has 0 aromatic rings. The molecule has 2 N–H and O–H groups in total. The van der Waals surface area contributed by atoms with Crippen LogP contribution in [0, 0.1) is 5.41 Å². The van der Waals surface area contributed by atoms with Crippen molar-refractivity contribution in [2.75, 3.05) is 13.6 Å². The molecule has 1 unspecified atom stereocenters. The highest BCUT2D eigenvalue weighted by Crippen LogP contribution is 2.50. The van der Waals surface area contributed by atoms with Crippen LogP contribution in [0.25, 0.3) is 0 Å². The molecule has 1 saturated carbocycles. The van der Waals surface area contributed by atoms with Crippen LogP contribution in [0.2, 0.25) is 0 Å². The van der Waals surface area contributed by atoms with E-state index in [9.17, 15) is 0 Å². The third-order valence-electron chi connectivity index (χ3n) is 3.70. The van der Waals surface area contributed by atoms with Crippen LogP contribution in [0.4, 0.5) is 0 Å². The maximum Gasteiger partial charge on any atom is 0.00675 e. The molecule has 0 bridgehead atoms. The van der Waals surface area contributed by atoms with Gasteiger partial charge in [0.1, 0.15) is 0 Å². The van der Waals surface area contributed by atoms with Gasteiger partial charge in [0.05, 0.1) is 0 Å². The number of hydrogen-bond donors (Lipinski definition) is 1. The zero-order valence-electron chi connectivity index (χ0n) is 9.51. The first kappa shape index (κ1) is 11.0. The van der Waals surface area contributed by atoms with E-state index in [0.717, 1.165) is 0 Å². The predicted molar refractivity (Wildman–Crippen MR) is 57.7 cm³/mol. The number of nitrogens with zero attached hydrogens (tertiary/aromatic N) is 1. The largest absolute Gasteiger partial charge is 0.327 e. The van der Waals surface area contributed by atoms with Crippen LogP contribution in [0.1, 0.15) is 40.0 Å². The lowest BCUT2D eigenvalue weighted by Gasteiger charge is -2.26. The molecule has 0 heterocycles. The smallest absolute Gasteiger partial charge is 0.00675 e. The minimum absolute atomic E-state index is 0.382. The van der Waals surface area contributed by atoms with Crippen molar-refractivity contribution in [3.63, 3.8) is 0 Å². The average Bonchev–Trinajstić information content (AvgIpc) is 2.80. The van der Waals surface area contributed by atoms with Crippen molar-refractivity contribution in [1.82, 2.24) is 4.90 Å². The summed E-state index contributed by atoms with van der Waals surface area (Å²) in [6.45, 7) is 7.83. The monoisotopic (exact) mass is 184 g/mol. The fourth-order valence-electron chi connectivity index (χ4n) is 1.75. The van der Waals surface area contributed by atoms with Crippen molar-refractivity contribution in [3.8, 4) is 0 Å². The van der Waals surface area contributed by atoms with Gasteiger partial charge in [-0.1, -0.05) is 0 Å². The third-order valence-corrected chi connectivity index (χ3v) is 3.70. The molecule has 2 nitrogen and oxygen atoms in total. The van der Waals surface area contributed by atoms with Crippen LogP contribution in [-0.2, 0) is 0 Å². The Balaban J connectivity index is 2.26. The van der Waals surface area contributed by atoms with Gasteiger partial charge in [0.25, 0.3) is 0 Å². The molecule has 2 heteroatoms. The van der Waals surface area contributed by atoms with Crippen LogP contribution in [0.15, 0.2) is 0 Å². The van der Waals surface area contributed by atoms with E-state index in [-0.39, 0.29) is 0 Å². The Labute approximate surface area is 82.5 Å². The van der Waals surface area contributed by atoms with Crippen molar-refractivity contribution in [2.24, 2.45) is 11.1 Å². The fourth-order valence-corrected chi connectivity index (χ4v) is 1.75. The lowest BCUT2D eigenvalue weighted by Crippen LogP contribution is -2.34. The maximum absolute atomic E-state index is 5.98. The first-order valence-corrected chi connectivity index (χ1v) is 5.44. The second-order valence-electron chi connectivity index (χ2n) is 4.98. The van der Waals surface area contributed by atoms with E-state index in [0.29, 0.717) is 17.5 Å². The molecular weight excluding hydrogens is 160 g/mol.